The SMILES string of the molecule is CCOc1ccccc1N(CCCN1CCN(c2ccccn2)CC1)C(=O)O. The zero-order valence-electron chi connectivity index (χ0n) is 16.3. The van der Waals surface area contributed by atoms with Gasteiger partial charge in [0.25, 0.3) is 0 Å². The normalized spacial score (nSPS) is 14.7. The van der Waals surface area contributed by atoms with Crippen LogP contribution in [0.5, 0.6) is 5.75 Å². The number of para-hydroxylation sites is 2. The van der Waals surface area contributed by atoms with Crippen LogP contribution in [0.15, 0.2) is 48.7 Å². The molecular weight excluding hydrogens is 356 g/mol. The summed E-state index contributed by atoms with van der Waals surface area (Å²) in [6.07, 6.45) is 1.64. The van der Waals surface area contributed by atoms with Crippen molar-refractivity contribution in [3.05, 3.63) is 48.7 Å². The van der Waals surface area contributed by atoms with Crippen LogP contribution >= 0.6 is 0 Å². The standard InChI is InChI=1S/C21H28N4O3/c1-2-28-19-9-4-3-8-18(19)25(21(26)27)13-7-12-23-14-16-24(17-15-23)20-10-5-6-11-22-20/h3-6,8-11H,2,7,12-17H2,1H3,(H,26,27). The maximum absolute atomic E-state index is 11.8. The number of amides is 1. The maximum Gasteiger partial charge on any atom is 0.411 e. The van der Waals surface area contributed by atoms with E-state index >= 15 is 0 Å². The van der Waals surface area contributed by atoms with E-state index in [2.05, 4.69) is 14.8 Å². The van der Waals surface area contributed by atoms with E-state index < -0.39 is 6.09 Å². The minimum atomic E-state index is -0.952. The average Bonchev–Trinajstić information content (AvgIpc) is 2.73. The molecule has 7 heteroatoms. The van der Waals surface area contributed by atoms with E-state index in [0.717, 1.165) is 45.0 Å². The van der Waals surface area contributed by atoms with Gasteiger partial charge in [0, 0.05) is 38.9 Å². The molecule has 0 saturated carbocycles. The van der Waals surface area contributed by atoms with Gasteiger partial charge in [-0.05, 0) is 44.2 Å². The lowest BCUT2D eigenvalue weighted by molar-refractivity contribution is 0.200. The number of piperazine rings is 1. The van der Waals surface area contributed by atoms with Crippen molar-refractivity contribution >= 4 is 17.6 Å². The molecule has 0 bridgehead atoms. The molecule has 1 aromatic heterocycles. The molecule has 150 valence electrons. The molecule has 1 amide bonds. The zero-order chi connectivity index (χ0) is 19.8. The molecule has 0 radical (unpaired) electrons. The zero-order valence-corrected chi connectivity index (χ0v) is 16.3. The summed E-state index contributed by atoms with van der Waals surface area (Å²) in [5.74, 6) is 1.63. The molecule has 1 N–H and O–H groups in total. The van der Waals surface area contributed by atoms with E-state index in [0.29, 0.717) is 24.6 Å². The predicted molar refractivity (Wildman–Crippen MR) is 110 cm³/mol. The third kappa shape index (κ3) is 5.13. The average molecular weight is 384 g/mol. The second-order valence-corrected chi connectivity index (χ2v) is 6.71. The molecule has 0 atom stereocenters. The number of carboxylic acid groups (broad SMARTS) is 1. The van der Waals surface area contributed by atoms with Crippen molar-refractivity contribution in [2.75, 3.05) is 55.7 Å². The second kappa shape index (κ2) is 9.94. The highest BCUT2D eigenvalue weighted by atomic mass is 16.5. The van der Waals surface area contributed by atoms with E-state index in [-0.39, 0.29) is 0 Å². The monoisotopic (exact) mass is 384 g/mol. The van der Waals surface area contributed by atoms with Crippen LogP contribution in [0, 0.1) is 0 Å². The molecule has 28 heavy (non-hydrogen) atoms. The van der Waals surface area contributed by atoms with Gasteiger partial charge in [-0.2, -0.15) is 0 Å². The number of aromatic nitrogens is 1. The van der Waals surface area contributed by atoms with E-state index in [1.54, 1.807) is 6.07 Å². The first-order chi connectivity index (χ1) is 13.7. The van der Waals surface area contributed by atoms with E-state index in [1.807, 2.05) is 49.5 Å². The lowest BCUT2D eigenvalue weighted by atomic mass is 10.2. The third-order valence-electron chi connectivity index (χ3n) is 4.89. The molecule has 0 spiro atoms. The number of nitrogens with zero attached hydrogens (tertiary/aromatic N) is 4. The molecule has 2 aromatic rings. The van der Waals surface area contributed by atoms with Gasteiger partial charge in [-0.3, -0.25) is 9.80 Å². The molecule has 3 rings (SSSR count). The summed E-state index contributed by atoms with van der Waals surface area (Å²) in [6.45, 7) is 7.51. The Morgan fingerprint density at radius 1 is 1.14 bits per heavy atom. The van der Waals surface area contributed by atoms with Gasteiger partial charge in [0.1, 0.15) is 11.6 Å². The van der Waals surface area contributed by atoms with Crippen LogP contribution in [0.1, 0.15) is 13.3 Å². The Kier molecular flexibility index (Phi) is 7.08. The summed E-state index contributed by atoms with van der Waals surface area (Å²) in [6, 6.07) is 13.3. The van der Waals surface area contributed by atoms with Gasteiger partial charge in [0.05, 0.1) is 12.3 Å². The third-order valence-corrected chi connectivity index (χ3v) is 4.89. The predicted octanol–water partition coefficient (Wildman–Crippen LogP) is 3.18. The highest BCUT2D eigenvalue weighted by Crippen LogP contribution is 2.28. The van der Waals surface area contributed by atoms with Crippen molar-refractivity contribution in [3.63, 3.8) is 0 Å². The van der Waals surface area contributed by atoms with Crippen molar-refractivity contribution in [2.24, 2.45) is 0 Å². The smallest absolute Gasteiger partial charge is 0.411 e. The summed E-state index contributed by atoms with van der Waals surface area (Å²) in [4.78, 5) is 22.3. The topological polar surface area (TPSA) is 69.1 Å². The lowest BCUT2D eigenvalue weighted by Crippen LogP contribution is -2.47. The number of hydrogen-bond acceptors (Lipinski definition) is 5. The van der Waals surface area contributed by atoms with Crippen LogP contribution < -0.4 is 14.5 Å². The minimum Gasteiger partial charge on any atom is -0.492 e. The van der Waals surface area contributed by atoms with Crippen LogP contribution in [0.3, 0.4) is 0 Å². The summed E-state index contributed by atoms with van der Waals surface area (Å²) in [7, 11) is 0. The highest BCUT2D eigenvalue weighted by Gasteiger charge is 2.20. The van der Waals surface area contributed by atoms with Crippen molar-refractivity contribution in [1.82, 2.24) is 9.88 Å². The Morgan fingerprint density at radius 3 is 2.57 bits per heavy atom. The summed E-state index contributed by atoms with van der Waals surface area (Å²) < 4.78 is 5.59. The number of anilines is 2. The Morgan fingerprint density at radius 2 is 1.89 bits per heavy atom. The number of benzene rings is 1. The van der Waals surface area contributed by atoms with Gasteiger partial charge in [-0.25, -0.2) is 9.78 Å². The summed E-state index contributed by atoms with van der Waals surface area (Å²) >= 11 is 0. The molecule has 1 aromatic carbocycles. The van der Waals surface area contributed by atoms with Gasteiger partial charge in [0.2, 0.25) is 0 Å². The molecule has 2 heterocycles. The largest absolute Gasteiger partial charge is 0.492 e. The fourth-order valence-corrected chi connectivity index (χ4v) is 3.47. The molecule has 1 aliphatic heterocycles. The number of carbonyl (C=O) groups is 1. The van der Waals surface area contributed by atoms with Gasteiger partial charge < -0.3 is 14.7 Å². The van der Waals surface area contributed by atoms with Crippen LogP contribution in [-0.4, -0.2) is 67.0 Å². The molecule has 1 aliphatic rings. The van der Waals surface area contributed by atoms with Crippen LogP contribution in [0.25, 0.3) is 0 Å². The van der Waals surface area contributed by atoms with Gasteiger partial charge >= 0.3 is 6.09 Å². The maximum atomic E-state index is 11.8. The van der Waals surface area contributed by atoms with Gasteiger partial charge in [0.15, 0.2) is 0 Å². The first kappa shape index (κ1) is 19.9. The molecule has 1 saturated heterocycles. The minimum absolute atomic E-state index is 0.444. The molecule has 7 nitrogen and oxygen atoms in total. The number of hydrogen-bond donors (Lipinski definition) is 1. The van der Waals surface area contributed by atoms with Crippen molar-refractivity contribution in [3.8, 4) is 5.75 Å². The number of ether oxygens (including phenoxy) is 1. The fourth-order valence-electron chi connectivity index (χ4n) is 3.47. The van der Waals surface area contributed by atoms with Crippen LogP contribution in [-0.2, 0) is 0 Å². The highest BCUT2D eigenvalue weighted by molar-refractivity contribution is 5.88. The van der Waals surface area contributed by atoms with Crippen molar-refractivity contribution in [2.45, 2.75) is 13.3 Å². The number of pyridine rings is 1. The lowest BCUT2D eigenvalue weighted by Gasteiger charge is -2.35. The quantitative estimate of drug-likeness (QED) is 0.754. The molecule has 0 unspecified atom stereocenters. The Balaban J connectivity index is 1.50. The van der Waals surface area contributed by atoms with Crippen molar-refractivity contribution < 1.29 is 14.6 Å². The Labute approximate surface area is 166 Å². The van der Waals surface area contributed by atoms with E-state index in [1.165, 1.54) is 4.90 Å². The summed E-state index contributed by atoms with van der Waals surface area (Å²) in [5, 5.41) is 9.66. The molecular formula is C21H28N4O3. The Hall–Kier alpha value is -2.80. The van der Waals surface area contributed by atoms with E-state index in [4.69, 9.17) is 4.74 Å². The number of rotatable bonds is 8. The second-order valence-electron chi connectivity index (χ2n) is 6.71. The first-order valence-corrected chi connectivity index (χ1v) is 9.79. The van der Waals surface area contributed by atoms with Gasteiger partial charge in [-0.15, -0.1) is 0 Å². The molecule has 1 fully saturated rings. The summed E-state index contributed by atoms with van der Waals surface area (Å²) in [5.41, 5.74) is 0.608. The Bertz CT molecular complexity index is 748. The van der Waals surface area contributed by atoms with Gasteiger partial charge in [-0.1, -0.05) is 18.2 Å². The first-order valence-electron chi connectivity index (χ1n) is 9.79. The van der Waals surface area contributed by atoms with E-state index in [9.17, 15) is 9.90 Å². The fraction of sp³-hybridized carbons (Fsp3) is 0.429. The van der Waals surface area contributed by atoms with Crippen molar-refractivity contribution in [1.29, 1.82) is 0 Å². The van der Waals surface area contributed by atoms with Crippen LogP contribution in [0.2, 0.25) is 0 Å². The molecule has 0 aliphatic carbocycles. The van der Waals surface area contributed by atoms with Crippen LogP contribution in [0.4, 0.5) is 16.3 Å².